The van der Waals surface area contributed by atoms with E-state index >= 15 is 0 Å². The van der Waals surface area contributed by atoms with Gasteiger partial charge in [-0.3, -0.25) is 0 Å². The highest BCUT2D eigenvalue weighted by molar-refractivity contribution is 4.70. The van der Waals surface area contributed by atoms with E-state index in [1.54, 1.807) is 0 Å². The van der Waals surface area contributed by atoms with Gasteiger partial charge in [-0.05, 0) is 12.8 Å². The van der Waals surface area contributed by atoms with Gasteiger partial charge in [-0.1, -0.05) is 0 Å². The van der Waals surface area contributed by atoms with Crippen molar-refractivity contribution >= 4 is 0 Å². The van der Waals surface area contributed by atoms with Crippen molar-refractivity contribution in [1.29, 1.82) is 0 Å². The van der Waals surface area contributed by atoms with E-state index in [4.69, 9.17) is 9.84 Å². The van der Waals surface area contributed by atoms with Gasteiger partial charge >= 0.3 is 0 Å². The van der Waals surface area contributed by atoms with Crippen LogP contribution in [0.25, 0.3) is 0 Å². The molecule has 2 atom stereocenters. The highest BCUT2D eigenvalue weighted by Gasteiger charge is 2.20. The Hall–Kier alpha value is -0.120. The fourth-order valence-corrected chi connectivity index (χ4v) is 1.18. The highest BCUT2D eigenvalue weighted by Crippen LogP contribution is 2.15. The number of aliphatic hydroxyl groups excluding tert-OH is 2. The minimum absolute atomic E-state index is 0.0301. The van der Waals surface area contributed by atoms with E-state index in [-0.39, 0.29) is 18.6 Å². The monoisotopic (exact) mass is 146 g/mol. The lowest BCUT2D eigenvalue weighted by Crippen LogP contribution is -2.23. The average Bonchev–Trinajstić information content (AvgIpc) is 2.13. The molecule has 1 heterocycles. The van der Waals surface area contributed by atoms with Gasteiger partial charge in [0.2, 0.25) is 0 Å². The van der Waals surface area contributed by atoms with E-state index in [1.165, 1.54) is 0 Å². The first-order valence-electron chi connectivity index (χ1n) is 3.71. The summed E-state index contributed by atoms with van der Waals surface area (Å²) in [4.78, 5) is 0. The summed E-state index contributed by atoms with van der Waals surface area (Å²) in [5, 5.41) is 18.1. The quantitative estimate of drug-likeness (QED) is 0.537. The molecule has 3 nitrogen and oxygen atoms in total. The summed E-state index contributed by atoms with van der Waals surface area (Å²) in [7, 11) is 0. The molecule has 2 N–H and O–H groups in total. The zero-order valence-electron chi connectivity index (χ0n) is 5.99. The molecule has 1 rings (SSSR count). The molecule has 0 aromatic carbocycles. The standard InChI is InChI=1S/C7H14O3/c8-5-6-1-3-10-4-2-7(6)9/h6-9H,1-5H2. The predicted octanol–water partition coefficient (Wildman–Crippen LogP) is -0.234. The second kappa shape index (κ2) is 3.91. The SMILES string of the molecule is OCC1CCOCCC1O. The topological polar surface area (TPSA) is 49.7 Å². The van der Waals surface area contributed by atoms with E-state index < -0.39 is 0 Å². The molecule has 60 valence electrons. The van der Waals surface area contributed by atoms with Crippen LogP contribution in [0.4, 0.5) is 0 Å². The summed E-state index contributed by atoms with van der Waals surface area (Å²) >= 11 is 0. The molecule has 0 amide bonds. The predicted molar refractivity (Wildman–Crippen MR) is 36.6 cm³/mol. The molecule has 0 aliphatic carbocycles. The van der Waals surface area contributed by atoms with Crippen molar-refractivity contribution in [3.05, 3.63) is 0 Å². The van der Waals surface area contributed by atoms with Gasteiger partial charge in [0.25, 0.3) is 0 Å². The number of hydrogen-bond donors (Lipinski definition) is 2. The van der Waals surface area contributed by atoms with Crippen LogP contribution in [0.5, 0.6) is 0 Å². The van der Waals surface area contributed by atoms with Crippen molar-refractivity contribution in [3.63, 3.8) is 0 Å². The van der Waals surface area contributed by atoms with Crippen molar-refractivity contribution in [2.24, 2.45) is 5.92 Å². The van der Waals surface area contributed by atoms with Crippen LogP contribution >= 0.6 is 0 Å². The number of hydrogen-bond acceptors (Lipinski definition) is 3. The molecule has 0 saturated carbocycles. The molecule has 1 saturated heterocycles. The van der Waals surface area contributed by atoms with Crippen LogP contribution in [0.15, 0.2) is 0 Å². The van der Waals surface area contributed by atoms with Crippen molar-refractivity contribution in [2.45, 2.75) is 18.9 Å². The highest BCUT2D eigenvalue weighted by atomic mass is 16.5. The molecular formula is C7H14O3. The summed E-state index contributed by atoms with van der Waals surface area (Å²) in [6.45, 7) is 1.37. The first-order chi connectivity index (χ1) is 4.84. The van der Waals surface area contributed by atoms with Crippen LogP contribution in [0.1, 0.15) is 12.8 Å². The minimum Gasteiger partial charge on any atom is -0.396 e. The van der Waals surface area contributed by atoms with Crippen molar-refractivity contribution in [3.8, 4) is 0 Å². The van der Waals surface area contributed by atoms with Gasteiger partial charge in [-0.25, -0.2) is 0 Å². The lowest BCUT2D eigenvalue weighted by Gasteiger charge is -2.15. The minimum atomic E-state index is -0.368. The van der Waals surface area contributed by atoms with Crippen molar-refractivity contribution in [1.82, 2.24) is 0 Å². The van der Waals surface area contributed by atoms with Gasteiger partial charge in [-0.15, -0.1) is 0 Å². The maximum atomic E-state index is 9.31. The molecule has 2 unspecified atom stereocenters. The zero-order chi connectivity index (χ0) is 7.40. The molecule has 1 aliphatic rings. The maximum Gasteiger partial charge on any atom is 0.0613 e. The Bertz CT molecular complexity index is 94.9. The second-order valence-electron chi connectivity index (χ2n) is 2.70. The lowest BCUT2D eigenvalue weighted by molar-refractivity contribution is 0.0646. The van der Waals surface area contributed by atoms with E-state index in [0.717, 1.165) is 6.42 Å². The Morgan fingerprint density at radius 1 is 1.30 bits per heavy atom. The molecule has 1 fully saturated rings. The normalized spacial score (nSPS) is 35.4. The van der Waals surface area contributed by atoms with Crippen LogP contribution in [0.2, 0.25) is 0 Å². The van der Waals surface area contributed by atoms with Crippen LogP contribution in [0.3, 0.4) is 0 Å². The molecule has 0 aromatic rings. The first kappa shape index (κ1) is 7.98. The van der Waals surface area contributed by atoms with E-state index in [1.807, 2.05) is 0 Å². The third-order valence-corrected chi connectivity index (χ3v) is 1.97. The molecule has 0 aromatic heterocycles. The van der Waals surface area contributed by atoms with Crippen LogP contribution in [-0.2, 0) is 4.74 Å². The van der Waals surface area contributed by atoms with Crippen molar-refractivity contribution in [2.75, 3.05) is 19.8 Å². The van der Waals surface area contributed by atoms with Gasteiger partial charge in [0.1, 0.15) is 0 Å². The molecule has 0 spiro atoms. The summed E-state index contributed by atoms with van der Waals surface area (Å²) in [5.41, 5.74) is 0. The molecule has 1 aliphatic heterocycles. The van der Waals surface area contributed by atoms with Gasteiger partial charge in [0.05, 0.1) is 6.10 Å². The summed E-state index contributed by atoms with van der Waals surface area (Å²) < 4.78 is 5.13. The number of rotatable bonds is 1. The average molecular weight is 146 g/mol. The Labute approximate surface area is 60.6 Å². The van der Waals surface area contributed by atoms with Gasteiger partial charge < -0.3 is 14.9 Å². The van der Waals surface area contributed by atoms with Crippen LogP contribution < -0.4 is 0 Å². The van der Waals surface area contributed by atoms with E-state index in [9.17, 15) is 5.11 Å². The Morgan fingerprint density at radius 3 is 2.70 bits per heavy atom. The summed E-state index contributed by atoms with van der Waals surface area (Å²) in [6, 6.07) is 0. The maximum absolute atomic E-state index is 9.31. The Balaban J connectivity index is 2.35. The third kappa shape index (κ3) is 1.94. The third-order valence-electron chi connectivity index (χ3n) is 1.97. The molecule has 3 heteroatoms. The van der Waals surface area contributed by atoms with Gasteiger partial charge in [-0.2, -0.15) is 0 Å². The van der Waals surface area contributed by atoms with Crippen LogP contribution in [-0.4, -0.2) is 36.1 Å². The van der Waals surface area contributed by atoms with Crippen molar-refractivity contribution < 1.29 is 14.9 Å². The fourth-order valence-electron chi connectivity index (χ4n) is 1.18. The first-order valence-corrected chi connectivity index (χ1v) is 3.71. The Kier molecular flexibility index (Phi) is 3.12. The Morgan fingerprint density at radius 2 is 2.00 bits per heavy atom. The van der Waals surface area contributed by atoms with Crippen LogP contribution in [0, 0.1) is 5.92 Å². The molecule has 0 radical (unpaired) electrons. The zero-order valence-corrected chi connectivity index (χ0v) is 5.99. The summed E-state index contributed by atoms with van der Waals surface area (Å²) in [6.07, 6.45) is 1.07. The molecule has 0 bridgehead atoms. The molecular weight excluding hydrogens is 132 g/mol. The number of ether oxygens (including phenoxy) is 1. The van der Waals surface area contributed by atoms with Gasteiger partial charge in [0, 0.05) is 25.7 Å². The smallest absolute Gasteiger partial charge is 0.0613 e. The largest absolute Gasteiger partial charge is 0.396 e. The van der Waals surface area contributed by atoms with E-state index in [2.05, 4.69) is 0 Å². The number of aliphatic hydroxyl groups is 2. The summed E-state index contributed by atoms with van der Waals surface area (Å²) in [5.74, 6) is 0.0301. The second-order valence-corrected chi connectivity index (χ2v) is 2.70. The van der Waals surface area contributed by atoms with Gasteiger partial charge in [0.15, 0.2) is 0 Å². The molecule has 10 heavy (non-hydrogen) atoms. The van der Waals surface area contributed by atoms with E-state index in [0.29, 0.717) is 19.6 Å². The fraction of sp³-hybridized carbons (Fsp3) is 1.00. The lowest BCUT2D eigenvalue weighted by atomic mass is 9.99.